The molecule has 2 aromatic heterocycles. The van der Waals surface area contributed by atoms with Gasteiger partial charge in [-0.05, 0) is 37.3 Å². The third-order valence-corrected chi connectivity index (χ3v) is 7.09. The number of carbonyl (C=O) groups is 1. The van der Waals surface area contributed by atoms with Crippen molar-refractivity contribution >= 4 is 5.91 Å². The van der Waals surface area contributed by atoms with Crippen LogP contribution in [-0.4, -0.2) is 56.0 Å². The van der Waals surface area contributed by atoms with Gasteiger partial charge in [0.05, 0.1) is 6.54 Å². The number of carbonyl (C=O) groups excluding carboxylic acids is 1. The van der Waals surface area contributed by atoms with Gasteiger partial charge in [0.25, 0.3) is 11.5 Å². The van der Waals surface area contributed by atoms with E-state index >= 15 is 0 Å². The summed E-state index contributed by atoms with van der Waals surface area (Å²) >= 11 is 0. The Morgan fingerprint density at radius 2 is 1.90 bits per heavy atom. The number of piperidine rings is 1. The average Bonchev–Trinajstić information content (AvgIpc) is 2.97. The van der Waals surface area contributed by atoms with E-state index in [1.807, 2.05) is 35.0 Å². The van der Waals surface area contributed by atoms with Crippen LogP contribution >= 0.6 is 0 Å². The first-order chi connectivity index (χ1) is 14.6. The van der Waals surface area contributed by atoms with Crippen molar-refractivity contribution in [2.75, 3.05) is 26.2 Å². The standard InChI is InChI=1S/C23H31N5O2/c1-25-11-8-24-21(25)16-26-13-17-12-18(15-26)20-7-6-19(23(30)28(20)14-17)22(29)27-9-4-2-3-5-10-27/h6-8,11,17-18H,2-5,9-10,12-16H2,1H3/t17-,18+/m0/s1. The van der Waals surface area contributed by atoms with Gasteiger partial charge in [0.2, 0.25) is 0 Å². The number of hydrogen-bond acceptors (Lipinski definition) is 4. The molecule has 3 aliphatic rings. The van der Waals surface area contributed by atoms with Gasteiger partial charge in [-0.3, -0.25) is 14.5 Å². The summed E-state index contributed by atoms with van der Waals surface area (Å²) in [5.74, 6) is 1.78. The highest BCUT2D eigenvalue weighted by atomic mass is 16.2. The quantitative estimate of drug-likeness (QED) is 0.780. The Labute approximate surface area is 177 Å². The topological polar surface area (TPSA) is 63.4 Å². The van der Waals surface area contributed by atoms with E-state index < -0.39 is 0 Å². The SMILES string of the molecule is Cn1ccnc1CN1C[C@@H]2C[C@H](C1)c1ccc(C(=O)N3CCCCCC3)c(=O)n1C2. The monoisotopic (exact) mass is 409 g/mol. The van der Waals surface area contributed by atoms with Crippen molar-refractivity contribution in [1.82, 2.24) is 23.9 Å². The fourth-order valence-electron chi connectivity index (χ4n) is 5.53. The number of aryl methyl sites for hydroxylation is 1. The van der Waals surface area contributed by atoms with Crippen molar-refractivity contribution in [2.45, 2.75) is 51.1 Å². The smallest absolute Gasteiger partial charge is 0.263 e. The molecule has 5 heterocycles. The van der Waals surface area contributed by atoms with Crippen LogP contribution in [0.3, 0.4) is 0 Å². The number of amides is 1. The third-order valence-electron chi connectivity index (χ3n) is 7.09. The van der Waals surface area contributed by atoms with E-state index in [2.05, 4.69) is 14.5 Å². The van der Waals surface area contributed by atoms with Crippen LogP contribution in [0.1, 0.15) is 59.9 Å². The molecule has 3 aliphatic heterocycles. The van der Waals surface area contributed by atoms with Crippen LogP contribution < -0.4 is 5.56 Å². The second-order valence-electron chi connectivity index (χ2n) is 9.24. The zero-order chi connectivity index (χ0) is 20.7. The normalized spacial score (nSPS) is 24.4. The van der Waals surface area contributed by atoms with Gasteiger partial charge in [-0.2, -0.15) is 0 Å². The van der Waals surface area contributed by atoms with Crippen molar-refractivity contribution < 1.29 is 4.79 Å². The first-order valence-electron chi connectivity index (χ1n) is 11.3. The lowest BCUT2D eigenvalue weighted by molar-refractivity contribution is 0.0756. The predicted octanol–water partition coefficient (Wildman–Crippen LogP) is 2.22. The Morgan fingerprint density at radius 1 is 1.10 bits per heavy atom. The van der Waals surface area contributed by atoms with E-state index in [-0.39, 0.29) is 11.5 Å². The maximum Gasteiger partial charge on any atom is 0.263 e. The molecule has 30 heavy (non-hydrogen) atoms. The minimum atomic E-state index is -0.0889. The minimum absolute atomic E-state index is 0.0793. The highest BCUT2D eigenvalue weighted by Crippen LogP contribution is 2.35. The number of nitrogens with zero attached hydrogens (tertiary/aromatic N) is 5. The minimum Gasteiger partial charge on any atom is -0.338 e. The fourth-order valence-corrected chi connectivity index (χ4v) is 5.53. The van der Waals surface area contributed by atoms with E-state index in [4.69, 9.17) is 0 Å². The Morgan fingerprint density at radius 3 is 2.63 bits per heavy atom. The zero-order valence-corrected chi connectivity index (χ0v) is 17.8. The molecule has 0 unspecified atom stereocenters. The average molecular weight is 410 g/mol. The summed E-state index contributed by atoms with van der Waals surface area (Å²) in [6, 6.07) is 3.83. The van der Waals surface area contributed by atoms with Gasteiger partial charge in [0, 0.05) is 63.8 Å². The molecule has 5 rings (SSSR count). The van der Waals surface area contributed by atoms with Crippen molar-refractivity contribution in [1.29, 1.82) is 0 Å². The zero-order valence-electron chi connectivity index (χ0n) is 17.8. The molecule has 2 fully saturated rings. The summed E-state index contributed by atoms with van der Waals surface area (Å²) in [7, 11) is 2.03. The number of rotatable bonds is 3. The van der Waals surface area contributed by atoms with Crippen LogP contribution in [-0.2, 0) is 20.1 Å². The second-order valence-corrected chi connectivity index (χ2v) is 9.24. The second kappa shape index (κ2) is 8.02. The molecule has 0 N–H and O–H groups in total. The largest absolute Gasteiger partial charge is 0.338 e. The molecular formula is C23H31N5O2. The van der Waals surface area contributed by atoms with E-state index in [1.54, 1.807) is 6.07 Å². The van der Waals surface area contributed by atoms with Gasteiger partial charge in [-0.15, -0.1) is 0 Å². The Hall–Kier alpha value is -2.41. The summed E-state index contributed by atoms with van der Waals surface area (Å²) in [4.78, 5) is 35.2. The molecular weight excluding hydrogens is 378 g/mol. The predicted molar refractivity (Wildman–Crippen MR) is 114 cm³/mol. The molecule has 2 saturated heterocycles. The number of likely N-dealkylation sites (tertiary alicyclic amines) is 2. The molecule has 0 spiro atoms. The van der Waals surface area contributed by atoms with E-state index in [9.17, 15) is 9.59 Å². The lowest BCUT2D eigenvalue weighted by Gasteiger charge is -2.42. The highest BCUT2D eigenvalue weighted by molar-refractivity contribution is 5.93. The highest BCUT2D eigenvalue weighted by Gasteiger charge is 2.36. The molecule has 0 aliphatic carbocycles. The molecule has 0 saturated carbocycles. The number of imidazole rings is 1. The van der Waals surface area contributed by atoms with Gasteiger partial charge in [0.15, 0.2) is 0 Å². The molecule has 2 atom stereocenters. The number of hydrogen-bond donors (Lipinski definition) is 0. The van der Waals surface area contributed by atoms with Gasteiger partial charge in [-0.1, -0.05) is 12.8 Å². The molecule has 0 radical (unpaired) electrons. The summed E-state index contributed by atoms with van der Waals surface area (Å²) in [5, 5.41) is 0. The number of aromatic nitrogens is 3. The lowest BCUT2D eigenvalue weighted by Crippen LogP contribution is -2.48. The first kappa shape index (κ1) is 19.5. The Bertz CT molecular complexity index is 986. The maximum atomic E-state index is 13.3. The Kier molecular flexibility index (Phi) is 5.23. The van der Waals surface area contributed by atoms with Crippen molar-refractivity contribution in [3.8, 4) is 0 Å². The van der Waals surface area contributed by atoms with Gasteiger partial charge >= 0.3 is 0 Å². The summed E-state index contributed by atoms with van der Waals surface area (Å²) in [6.07, 6.45) is 9.36. The first-order valence-corrected chi connectivity index (χ1v) is 11.3. The van der Waals surface area contributed by atoms with Crippen molar-refractivity contribution in [3.63, 3.8) is 0 Å². The lowest BCUT2D eigenvalue weighted by atomic mass is 9.83. The summed E-state index contributed by atoms with van der Waals surface area (Å²) in [5.41, 5.74) is 1.35. The Balaban J connectivity index is 1.37. The fraction of sp³-hybridized carbons (Fsp3) is 0.609. The maximum absolute atomic E-state index is 13.3. The van der Waals surface area contributed by atoms with E-state index in [0.717, 1.165) is 63.5 Å². The number of pyridine rings is 1. The van der Waals surface area contributed by atoms with Crippen molar-refractivity contribution in [2.24, 2.45) is 13.0 Å². The van der Waals surface area contributed by atoms with Crippen LogP contribution in [0.25, 0.3) is 0 Å². The van der Waals surface area contributed by atoms with Crippen LogP contribution in [0.5, 0.6) is 0 Å². The number of fused-ring (bicyclic) bond motifs is 4. The molecule has 0 aromatic carbocycles. The van der Waals surface area contributed by atoms with Crippen LogP contribution in [0, 0.1) is 5.92 Å². The molecule has 1 amide bonds. The van der Waals surface area contributed by atoms with E-state index in [0.29, 0.717) is 23.9 Å². The van der Waals surface area contributed by atoms with Gasteiger partial charge < -0.3 is 14.0 Å². The molecule has 160 valence electrons. The third kappa shape index (κ3) is 3.60. The molecule has 7 heteroatoms. The van der Waals surface area contributed by atoms with Crippen LogP contribution in [0.15, 0.2) is 29.3 Å². The van der Waals surface area contributed by atoms with Crippen LogP contribution in [0.2, 0.25) is 0 Å². The molecule has 7 nitrogen and oxygen atoms in total. The van der Waals surface area contributed by atoms with Crippen LogP contribution in [0.4, 0.5) is 0 Å². The summed E-state index contributed by atoms with van der Waals surface area (Å²) < 4.78 is 3.98. The van der Waals surface area contributed by atoms with Gasteiger partial charge in [0.1, 0.15) is 11.4 Å². The summed E-state index contributed by atoms with van der Waals surface area (Å²) in [6.45, 7) is 5.00. The van der Waals surface area contributed by atoms with Crippen molar-refractivity contribution in [3.05, 3.63) is 52.0 Å². The van der Waals surface area contributed by atoms with Gasteiger partial charge in [-0.25, -0.2) is 4.98 Å². The molecule has 2 bridgehead atoms. The molecule has 2 aromatic rings. The van der Waals surface area contributed by atoms with E-state index in [1.165, 1.54) is 12.8 Å².